The fourth-order valence-corrected chi connectivity index (χ4v) is 3.03. The first-order chi connectivity index (χ1) is 12.4. The fraction of sp³-hybridized carbons (Fsp3) is 0.700. The van der Waals surface area contributed by atoms with Gasteiger partial charge >= 0.3 is 0 Å². The van der Waals surface area contributed by atoms with Crippen molar-refractivity contribution in [3.8, 4) is 0 Å². The maximum Gasteiger partial charge on any atom is 0.191 e. The molecule has 0 saturated carbocycles. The topological polar surface area (TPSA) is 52.6 Å². The molecule has 0 unspecified atom stereocenters. The van der Waals surface area contributed by atoms with Crippen molar-refractivity contribution >= 4 is 47.5 Å². The van der Waals surface area contributed by atoms with Crippen molar-refractivity contribution in [3.05, 3.63) is 23.9 Å². The third kappa shape index (κ3) is 8.46. The number of rotatable bonds is 7. The fourth-order valence-electron chi connectivity index (χ4n) is 2.82. The van der Waals surface area contributed by atoms with Crippen molar-refractivity contribution < 1.29 is 0 Å². The lowest BCUT2D eigenvalue weighted by molar-refractivity contribution is 0.436. The van der Waals surface area contributed by atoms with Crippen LogP contribution in [0.15, 0.2) is 23.3 Å². The minimum Gasteiger partial charge on any atom is -0.357 e. The lowest BCUT2D eigenvalue weighted by Crippen LogP contribution is -2.43. The highest BCUT2D eigenvalue weighted by molar-refractivity contribution is 14.0. The van der Waals surface area contributed by atoms with E-state index in [0.717, 1.165) is 49.4 Å². The number of aliphatic imine (C=N–C) groups is 1. The number of aromatic nitrogens is 1. The molecule has 2 N–H and O–H groups in total. The Hall–Kier alpha value is -0.700. The van der Waals surface area contributed by atoms with Gasteiger partial charge in [-0.15, -0.1) is 24.0 Å². The number of pyridine rings is 1. The molecule has 0 amide bonds. The number of piperidine rings is 1. The molecule has 1 aromatic heterocycles. The van der Waals surface area contributed by atoms with Gasteiger partial charge in [0.2, 0.25) is 0 Å². The second-order valence-electron chi connectivity index (χ2n) is 7.71. The van der Waals surface area contributed by atoms with Crippen molar-refractivity contribution in [2.45, 2.75) is 51.8 Å². The molecule has 7 heteroatoms. The minimum absolute atomic E-state index is 0. The molecule has 0 bridgehead atoms. The van der Waals surface area contributed by atoms with Crippen molar-refractivity contribution in [2.75, 3.05) is 37.3 Å². The van der Waals surface area contributed by atoms with Crippen molar-refractivity contribution in [1.82, 2.24) is 15.6 Å². The zero-order chi connectivity index (χ0) is 19.0. The highest BCUT2D eigenvalue weighted by Crippen LogP contribution is 2.21. The molecule has 0 spiro atoms. The van der Waals surface area contributed by atoms with E-state index in [1.54, 1.807) is 0 Å². The van der Waals surface area contributed by atoms with Gasteiger partial charge in [-0.05, 0) is 57.4 Å². The van der Waals surface area contributed by atoms with Crippen LogP contribution >= 0.6 is 35.7 Å². The van der Waals surface area contributed by atoms with Crippen LogP contribution < -0.4 is 15.5 Å². The molecule has 0 atom stereocenters. The van der Waals surface area contributed by atoms with Crippen molar-refractivity contribution in [2.24, 2.45) is 10.9 Å². The van der Waals surface area contributed by atoms with Gasteiger partial charge in [-0.25, -0.2) is 9.98 Å². The number of hydrogen-bond acceptors (Lipinski definition) is 4. The Morgan fingerprint density at radius 3 is 2.56 bits per heavy atom. The molecule has 154 valence electrons. The van der Waals surface area contributed by atoms with E-state index in [9.17, 15) is 0 Å². The van der Waals surface area contributed by atoms with E-state index in [1.807, 2.05) is 18.0 Å². The second-order valence-corrected chi connectivity index (χ2v) is 9.22. The van der Waals surface area contributed by atoms with Gasteiger partial charge in [0.25, 0.3) is 0 Å². The Morgan fingerprint density at radius 2 is 2.00 bits per heavy atom. The Morgan fingerprint density at radius 1 is 1.30 bits per heavy atom. The van der Waals surface area contributed by atoms with E-state index in [-0.39, 0.29) is 28.7 Å². The summed E-state index contributed by atoms with van der Waals surface area (Å²) in [7, 11) is 0. The Kier molecular flexibility index (Phi) is 10.8. The monoisotopic (exact) mass is 505 g/mol. The third-order valence-electron chi connectivity index (χ3n) is 4.91. The zero-order valence-electron chi connectivity index (χ0n) is 17.4. The van der Waals surface area contributed by atoms with Crippen LogP contribution in [0.25, 0.3) is 0 Å². The van der Waals surface area contributed by atoms with Gasteiger partial charge in [0, 0.05) is 37.1 Å². The van der Waals surface area contributed by atoms with Gasteiger partial charge in [-0.2, -0.15) is 11.8 Å². The van der Waals surface area contributed by atoms with Gasteiger partial charge < -0.3 is 15.5 Å². The lowest BCUT2D eigenvalue weighted by atomic mass is 9.99. The smallest absolute Gasteiger partial charge is 0.191 e. The summed E-state index contributed by atoms with van der Waals surface area (Å²) in [6.45, 7) is 13.5. The molecule has 5 nitrogen and oxygen atoms in total. The van der Waals surface area contributed by atoms with Crippen LogP contribution in [0.4, 0.5) is 5.82 Å². The highest BCUT2D eigenvalue weighted by atomic mass is 127. The van der Waals surface area contributed by atoms with Crippen molar-refractivity contribution in [1.29, 1.82) is 0 Å². The molecular weight excluding hydrogens is 469 g/mol. The number of hydrogen-bond donors (Lipinski definition) is 2. The van der Waals surface area contributed by atoms with Crippen LogP contribution in [0.3, 0.4) is 0 Å². The summed E-state index contributed by atoms with van der Waals surface area (Å²) >= 11 is 1.86. The van der Waals surface area contributed by atoms with Gasteiger partial charge in [0.05, 0.1) is 6.54 Å². The molecule has 1 aliphatic heterocycles. The molecule has 2 heterocycles. The van der Waals surface area contributed by atoms with Crippen LogP contribution in [-0.2, 0) is 6.54 Å². The first-order valence-electron chi connectivity index (χ1n) is 9.70. The van der Waals surface area contributed by atoms with Crippen LogP contribution in [-0.4, -0.2) is 48.1 Å². The van der Waals surface area contributed by atoms with Gasteiger partial charge in [-0.3, -0.25) is 0 Å². The SMILES string of the molecule is CCNC(=NCc1ccc(N2CCC(C)CC2)nc1)NCC(C)(C)SC.I. The number of nitrogens with zero attached hydrogens (tertiary/aromatic N) is 3. The van der Waals surface area contributed by atoms with Crippen LogP contribution in [0.1, 0.15) is 46.1 Å². The summed E-state index contributed by atoms with van der Waals surface area (Å²) in [6, 6.07) is 4.29. The minimum atomic E-state index is 0. The highest BCUT2D eigenvalue weighted by Gasteiger charge is 2.17. The Balaban J connectivity index is 0.00000364. The van der Waals surface area contributed by atoms with Crippen molar-refractivity contribution in [3.63, 3.8) is 0 Å². The molecule has 0 radical (unpaired) electrons. The largest absolute Gasteiger partial charge is 0.357 e. The Bertz CT molecular complexity index is 568. The van der Waals surface area contributed by atoms with E-state index < -0.39 is 0 Å². The maximum atomic E-state index is 4.70. The predicted molar refractivity (Wildman–Crippen MR) is 131 cm³/mol. The average Bonchev–Trinajstić information content (AvgIpc) is 2.65. The molecule has 1 aromatic rings. The standard InChI is InChI=1S/C20H35N5S.HI/c1-6-21-19(24-15-20(3,4)26-5)23-14-17-7-8-18(22-13-17)25-11-9-16(2)10-12-25;/h7-8,13,16H,6,9-12,14-15H2,1-5H3,(H2,21,23,24);1H. The van der Waals surface area contributed by atoms with Gasteiger partial charge in [0.15, 0.2) is 5.96 Å². The summed E-state index contributed by atoms with van der Waals surface area (Å²) in [5, 5.41) is 6.76. The summed E-state index contributed by atoms with van der Waals surface area (Å²) in [5.74, 6) is 2.80. The normalized spacial score (nSPS) is 16.0. The third-order valence-corrected chi connectivity index (χ3v) is 6.16. The zero-order valence-corrected chi connectivity index (χ0v) is 20.6. The van der Waals surface area contributed by atoms with E-state index in [0.29, 0.717) is 6.54 Å². The molecule has 2 rings (SSSR count). The lowest BCUT2D eigenvalue weighted by Gasteiger charge is -2.31. The summed E-state index contributed by atoms with van der Waals surface area (Å²) < 4.78 is 0.186. The number of anilines is 1. The van der Waals surface area contributed by atoms with E-state index >= 15 is 0 Å². The van der Waals surface area contributed by atoms with E-state index in [2.05, 4.69) is 66.6 Å². The molecule has 1 saturated heterocycles. The van der Waals surface area contributed by atoms with Gasteiger partial charge in [0.1, 0.15) is 5.82 Å². The average molecular weight is 506 g/mol. The van der Waals surface area contributed by atoms with E-state index in [1.165, 1.54) is 12.8 Å². The molecule has 0 aliphatic carbocycles. The van der Waals surface area contributed by atoms with Crippen LogP contribution in [0.5, 0.6) is 0 Å². The molecule has 27 heavy (non-hydrogen) atoms. The number of thioether (sulfide) groups is 1. The van der Waals surface area contributed by atoms with Crippen LogP contribution in [0.2, 0.25) is 0 Å². The molecular formula is C20H36IN5S. The maximum absolute atomic E-state index is 4.70. The summed E-state index contributed by atoms with van der Waals surface area (Å²) in [6.07, 6.45) is 6.63. The predicted octanol–water partition coefficient (Wildman–Crippen LogP) is 4.13. The molecule has 0 aromatic carbocycles. The quantitative estimate of drug-likeness (QED) is 0.332. The first kappa shape index (κ1) is 24.3. The summed E-state index contributed by atoms with van der Waals surface area (Å²) in [5.41, 5.74) is 1.14. The number of guanidine groups is 1. The summed E-state index contributed by atoms with van der Waals surface area (Å²) in [4.78, 5) is 11.8. The van der Waals surface area contributed by atoms with Crippen LogP contribution in [0, 0.1) is 5.92 Å². The number of nitrogens with one attached hydrogen (secondary N) is 2. The molecule has 1 fully saturated rings. The number of halogens is 1. The Labute approximate surface area is 186 Å². The molecule has 1 aliphatic rings. The van der Waals surface area contributed by atoms with E-state index in [4.69, 9.17) is 4.99 Å². The second kappa shape index (κ2) is 12.0. The first-order valence-corrected chi connectivity index (χ1v) is 10.9. The van der Waals surface area contributed by atoms with Gasteiger partial charge in [-0.1, -0.05) is 13.0 Å².